The van der Waals surface area contributed by atoms with Crippen molar-refractivity contribution < 1.29 is 13.9 Å². The fourth-order valence-corrected chi connectivity index (χ4v) is 2.01. The quantitative estimate of drug-likeness (QED) is 0.798. The summed E-state index contributed by atoms with van der Waals surface area (Å²) in [4.78, 5) is 11.6. The molecule has 0 unspecified atom stereocenters. The Labute approximate surface area is 117 Å². The molecule has 108 valence electrons. The molecular formula is C15H19FN2O2. The topological polar surface area (TPSA) is 50.4 Å². The zero-order chi connectivity index (χ0) is 13.9. The van der Waals surface area contributed by atoms with Crippen molar-refractivity contribution in [2.75, 3.05) is 6.61 Å². The molecule has 0 aromatic heterocycles. The zero-order valence-electron chi connectivity index (χ0n) is 11.3. The van der Waals surface area contributed by atoms with E-state index in [4.69, 9.17) is 4.74 Å². The van der Waals surface area contributed by atoms with E-state index in [9.17, 15) is 9.18 Å². The highest BCUT2D eigenvalue weighted by atomic mass is 19.1. The first-order valence-corrected chi connectivity index (χ1v) is 7.14. The van der Waals surface area contributed by atoms with Crippen LogP contribution >= 0.6 is 0 Å². The summed E-state index contributed by atoms with van der Waals surface area (Å²) in [6.45, 7) is 0.556. The third-order valence-electron chi connectivity index (χ3n) is 3.48. The second-order valence-corrected chi connectivity index (χ2v) is 5.54. The van der Waals surface area contributed by atoms with Gasteiger partial charge in [-0.05, 0) is 43.9 Å². The molecule has 0 atom stereocenters. The molecule has 0 aliphatic heterocycles. The Balaban J connectivity index is 1.56. The standard InChI is InChI=1S/C15H19FN2O2/c16-11-1-6-14(10(7-11)8-17-12-2-3-12)20-9-15(19)18-13-4-5-13/h1,6-7,12-13,17H,2-5,8-9H2,(H,18,19). The van der Waals surface area contributed by atoms with Gasteiger partial charge in [0.05, 0.1) is 0 Å². The molecule has 5 heteroatoms. The largest absolute Gasteiger partial charge is 0.483 e. The van der Waals surface area contributed by atoms with Gasteiger partial charge in [-0.1, -0.05) is 0 Å². The molecule has 3 rings (SSSR count). The van der Waals surface area contributed by atoms with Crippen molar-refractivity contribution >= 4 is 5.91 Å². The van der Waals surface area contributed by atoms with E-state index in [1.807, 2.05) is 0 Å². The van der Waals surface area contributed by atoms with Crippen LogP contribution in [0.1, 0.15) is 31.2 Å². The van der Waals surface area contributed by atoms with Crippen molar-refractivity contribution in [3.05, 3.63) is 29.6 Å². The highest BCUT2D eigenvalue weighted by Crippen LogP contribution is 2.23. The van der Waals surface area contributed by atoms with Gasteiger partial charge in [-0.2, -0.15) is 0 Å². The summed E-state index contributed by atoms with van der Waals surface area (Å²) in [5.74, 6) is 0.177. The van der Waals surface area contributed by atoms with Crippen molar-refractivity contribution in [1.82, 2.24) is 10.6 Å². The predicted molar refractivity (Wildman–Crippen MR) is 72.9 cm³/mol. The fraction of sp³-hybridized carbons (Fsp3) is 0.533. The van der Waals surface area contributed by atoms with Crippen LogP contribution in [0.25, 0.3) is 0 Å². The lowest BCUT2D eigenvalue weighted by molar-refractivity contribution is -0.123. The van der Waals surface area contributed by atoms with Gasteiger partial charge < -0.3 is 15.4 Å². The first-order chi connectivity index (χ1) is 9.70. The van der Waals surface area contributed by atoms with E-state index >= 15 is 0 Å². The summed E-state index contributed by atoms with van der Waals surface area (Å²) in [6.07, 6.45) is 4.46. The van der Waals surface area contributed by atoms with Gasteiger partial charge in [0, 0.05) is 24.2 Å². The Morgan fingerprint density at radius 1 is 1.25 bits per heavy atom. The van der Waals surface area contributed by atoms with Crippen LogP contribution in [-0.4, -0.2) is 24.6 Å². The van der Waals surface area contributed by atoms with Crippen LogP contribution in [0.2, 0.25) is 0 Å². The molecule has 1 aromatic rings. The normalized spacial score (nSPS) is 17.9. The Morgan fingerprint density at radius 2 is 2.00 bits per heavy atom. The highest BCUT2D eigenvalue weighted by molar-refractivity contribution is 5.78. The van der Waals surface area contributed by atoms with Crippen LogP contribution in [0.15, 0.2) is 18.2 Å². The molecule has 1 amide bonds. The van der Waals surface area contributed by atoms with Crippen LogP contribution in [0, 0.1) is 5.82 Å². The Kier molecular flexibility index (Phi) is 3.87. The molecule has 2 fully saturated rings. The number of rotatable bonds is 7. The average Bonchev–Trinajstić information content (AvgIpc) is 3.30. The molecule has 4 nitrogen and oxygen atoms in total. The van der Waals surface area contributed by atoms with E-state index < -0.39 is 0 Å². The monoisotopic (exact) mass is 278 g/mol. The van der Waals surface area contributed by atoms with Crippen LogP contribution in [-0.2, 0) is 11.3 Å². The number of halogens is 1. The number of ether oxygens (including phenoxy) is 1. The summed E-state index contributed by atoms with van der Waals surface area (Å²) in [5, 5.41) is 6.18. The minimum Gasteiger partial charge on any atom is -0.483 e. The van der Waals surface area contributed by atoms with E-state index in [0.29, 0.717) is 24.4 Å². The van der Waals surface area contributed by atoms with E-state index in [-0.39, 0.29) is 18.3 Å². The zero-order valence-corrected chi connectivity index (χ0v) is 11.3. The fourth-order valence-electron chi connectivity index (χ4n) is 2.01. The van der Waals surface area contributed by atoms with Crippen molar-refractivity contribution in [3.63, 3.8) is 0 Å². The van der Waals surface area contributed by atoms with E-state index in [2.05, 4.69) is 10.6 Å². The van der Waals surface area contributed by atoms with Gasteiger partial charge >= 0.3 is 0 Å². The summed E-state index contributed by atoms with van der Waals surface area (Å²) >= 11 is 0. The summed E-state index contributed by atoms with van der Waals surface area (Å²) in [5.41, 5.74) is 0.760. The van der Waals surface area contributed by atoms with Gasteiger partial charge in [0.2, 0.25) is 0 Å². The maximum absolute atomic E-state index is 13.3. The third-order valence-corrected chi connectivity index (χ3v) is 3.48. The minimum absolute atomic E-state index is 0.0153. The number of nitrogens with one attached hydrogen (secondary N) is 2. The van der Waals surface area contributed by atoms with Crippen molar-refractivity contribution in [3.8, 4) is 5.75 Å². The minimum atomic E-state index is -0.285. The molecule has 0 bridgehead atoms. The van der Waals surface area contributed by atoms with Gasteiger partial charge in [-0.15, -0.1) is 0 Å². The lowest BCUT2D eigenvalue weighted by Gasteiger charge is -2.12. The first kappa shape index (κ1) is 13.4. The molecule has 0 heterocycles. The van der Waals surface area contributed by atoms with Gasteiger partial charge in [-0.3, -0.25) is 4.79 Å². The second kappa shape index (κ2) is 5.79. The van der Waals surface area contributed by atoms with Gasteiger partial charge in [0.1, 0.15) is 11.6 Å². The number of hydrogen-bond acceptors (Lipinski definition) is 3. The van der Waals surface area contributed by atoms with E-state index in [1.54, 1.807) is 6.07 Å². The van der Waals surface area contributed by atoms with Crippen LogP contribution in [0.5, 0.6) is 5.75 Å². The molecule has 2 aliphatic rings. The molecule has 20 heavy (non-hydrogen) atoms. The number of amides is 1. The van der Waals surface area contributed by atoms with Gasteiger partial charge in [0.25, 0.3) is 5.91 Å². The number of benzene rings is 1. The number of carbonyl (C=O) groups is 1. The molecule has 2 N–H and O–H groups in total. The lowest BCUT2D eigenvalue weighted by Crippen LogP contribution is -2.30. The Hall–Kier alpha value is -1.62. The molecule has 0 radical (unpaired) electrons. The Bertz CT molecular complexity index is 499. The molecular weight excluding hydrogens is 259 g/mol. The summed E-state index contributed by atoms with van der Waals surface area (Å²) in [6, 6.07) is 5.28. The molecule has 2 saturated carbocycles. The molecule has 1 aromatic carbocycles. The second-order valence-electron chi connectivity index (χ2n) is 5.54. The summed E-state index contributed by atoms with van der Waals surface area (Å²) < 4.78 is 18.8. The maximum Gasteiger partial charge on any atom is 0.258 e. The van der Waals surface area contributed by atoms with Gasteiger partial charge in [0.15, 0.2) is 6.61 Å². The van der Waals surface area contributed by atoms with Crippen LogP contribution < -0.4 is 15.4 Å². The first-order valence-electron chi connectivity index (χ1n) is 7.14. The molecule has 2 aliphatic carbocycles. The lowest BCUT2D eigenvalue weighted by atomic mass is 10.2. The third kappa shape index (κ3) is 3.93. The molecule has 0 saturated heterocycles. The predicted octanol–water partition coefficient (Wildman–Crippen LogP) is 1.74. The molecule has 0 spiro atoms. The number of carbonyl (C=O) groups excluding carboxylic acids is 1. The van der Waals surface area contributed by atoms with Crippen molar-refractivity contribution in [2.45, 2.75) is 44.3 Å². The Morgan fingerprint density at radius 3 is 2.70 bits per heavy atom. The highest BCUT2D eigenvalue weighted by Gasteiger charge is 2.23. The maximum atomic E-state index is 13.3. The summed E-state index contributed by atoms with van der Waals surface area (Å²) in [7, 11) is 0. The SMILES string of the molecule is O=C(COc1ccc(F)cc1CNC1CC1)NC1CC1. The van der Waals surface area contributed by atoms with Gasteiger partial charge in [-0.25, -0.2) is 4.39 Å². The van der Waals surface area contributed by atoms with Crippen LogP contribution in [0.4, 0.5) is 4.39 Å². The van der Waals surface area contributed by atoms with E-state index in [0.717, 1.165) is 18.4 Å². The van der Waals surface area contributed by atoms with Crippen molar-refractivity contribution in [1.29, 1.82) is 0 Å². The van der Waals surface area contributed by atoms with E-state index in [1.165, 1.54) is 25.0 Å². The average molecular weight is 278 g/mol. The smallest absolute Gasteiger partial charge is 0.258 e. The number of hydrogen-bond donors (Lipinski definition) is 2. The van der Waals surface area contributed by atoms with Crippen molar-refractivity contribution in [2.24, 2.45) is 0 Å². The van der Waals surface area contributed by atoms with Crippen LogP contribution in [0.3, 0.4) is 0 Å².